The van der Waals surface area contributed by atoms with Crippen molar-refractivity contribution in [3.05, 3.63) is 138 Å². The number of carbonyl (C=O) groups is 6. The molecule has 0 saturated heterocycles. The zero-order valence-corrected chi connectivity index (χ0v) is 54.2. The van der Waals surface area contributed by atoms with Crippen LogP contribution in [-0.4, -0.2) is 83.0 Å². The first kappa shape index (κ1) is 68.4. The Bertz CT molecular complexity index is 2860. The minimum Gasteiger partial charge on any atom is -0.465 e. The SMILES string of the molecule is Cc1cc(C)c(C(=O)P(=O)(CCC(=O)OCC(C)COC(C)(C)CCCCCCC(C)(C)OCCC(C)(C)OC(=O)CCP(=O)(C(=O)c2c(C)cc(C)cc2C)C(=O)c2c(C)cc(C)cc2C)C(=O)c2c(C)cc(C)cc2C)c(C)c1. The molecule has 0 spiro atoms. The molecule has 0 N–H and O–H groups in total. The molecule has 0 saturated carbocycles. The summed E-state index contributed by atoms with van der Waals surface area (Å²) in [5, 5.41) is 0. The van der Waals surface area contributed by atoms with Gasteiger partial charge in [0.1, 0.15) is 5.60 Å². The summed E-state index contributed by atoms with van der Waals surface area (Å²) in [6, 6.07) is 14.7. The van der Waals surface area contributed by atoms with Gasteiger partial charge in [-0.3, -0.25) is 28.8 Å². The van der Waals surface area contributed by atoms with Crippen molar-refractivity contribution < 1.29 is 56.8 Å². The van der Waals surface area contributed by atoms with Crippen molar-refractivity contribution in [2.45, 2.75) is 206 Å². The Labute approximate surface area is 484 Å². The van der Waals surface area contributed by atoms with Crippen molar-refractivity contribution >= 4 is 48.3 Å². The van der Waals surface area contributed by atoms with Crippen LogP contribution in [0.4, 0.5) is 0 Å². The van der Waals surface area contributed by atoms with Crippen molar-refractivity contribution in [3.8, 4) is 0 Å². The van der Waals surface area contributed by atoms with Crippen LogP contribution in [0, 0.1) is 89.0 Å². The third-order valence-corrected chi connectivity index (χ3v) is 20.5. The van der Waals surface area contributed by atoms with Gasteiger partial charge in [0.15, 0.2) is 0 Å². The average molecular weight is 1150 g/mol. The van der Waals surface area contributed by atoms with Gasteiger partial charge in [0.05, 0.1) is 43.9 Å². The minimum atomic E-state index is -4.36. The maximum absolute atomic E-state index is 15.0. The molecule has 444 valence electrons. The number of ether oxygens (including phenoxy) is 4. The normalized spacial score (nSPS) is 12.8. The van der Waals surface area contributed by atoms with E-state index < -0.39 is 77.4 Å². The van der Waals surface area contributed by atoms with Crippen molar-refractivity contribution in [2.24, 2.45) is 5.92 Å². The Balaban J connectivity index is 1.20. The molecule has 0 heterocycles. The second-order valence-corrected chi connectivity index (χ2v) is 30.6. The Morgan fingerprint density at radius 2 is 0.704 bits per heavy atom. The molecule has 0 aliphatic rings. The van der Waals surface area contributed by atoms with Crippen LogP contribution in [0.2, 0.25) is 0 Å². The first-order valence-corrected chi connectivity index (χ1v) is 32.6. The molecule has 14 heteroatoms. The molecule has 4 rings (SSSR count). The molecule has 0 bridgehead atoms. The van der Waals surface area contributed by atoms with Gasteiger partial charge < -0.3 is 28.1 Å². The fourth-order valence-corrected chi connectivity index (χ4v) is 16.2. The lowest BCUT2D eigenvalue weighted by molar-refractivity contribution is -0.158. The van der Waals surface area contributed by atoms with E-state index in [-0.39, 0.29) is 47.6 Å². The number of carbonyl (C=O) groups excluding carboxylic acids is 6. The van der Waals surface area contributed by atoms with Gasteiger partial charge >= 0.3 is 11.9 Å². The van der Waals surface area contributed by atoms with Gasteiger partial charge in [-0.1, -0.05) is 103 Å². The molecular weight excluding hydrogens is 1060 g/mol. The summed E-state index contributed by atoms with van der Waals surface area (Å²) in [6.07, 6.45) is 4.35. The van der Waals surface area contributed by atoms with Crippen LogP contribution in [0.5, 0.6) is 0 Å². The Kier molecular flexibility index (Phi) is 24.0. The van der Waals surface area contributed by atoms with Crippen molar-refractivity contribution in [3.63, 3.8) is 0 Å². The van der Waals surface area contributed by atoms with Crippen molar-refractivity contribution in [1.29, 1.82) is 0 Å². The summed E-state index contributed by atoms with van der Waals surface area (Å²) in [4.78, 5) is 84.0. The fourth-order valence-electron chi connectivity index (χ4n) is 11.2. The topological polar surface area (TPSA) is 173 Å². The summed E-state index contributed by atoms with van der Waals surface area (Å²) in [5.74, 6) is -1.42. The first-order valence-electron chi connectivity index (χ1n) is 28.8. The smallest absolute Gasteiger partial charge is 0.306 e. The average Bonchev–Trinajstić information content (AvgIpc) is 3.55. The highest BCUT2D eigenvalue weighted by Gasteiger charge is 2.45. The van der Waals surface area contributed by atoms with Gasteiger partial charge in [0, 0.05) is 46.9 Å². The number of hydrogen-bond donors (Lipinski definition) is 0. The molecule has 0 radical (unpaired) electrons. The Morgan fingerprint density at radius 3 is 1.02 bits per heavy atom. The van der Waals surface area contributed by atoms with Gasteiger partial charge in [-0.25, -0.2) is 0 Å². The monoisotopic (exact) mass is 1150 g/mol. The molecule has 81 heavy (non-hydrogen) atoms. The van der Waals surface area contributed by atoms with Gasteiger partial charge in [0.25, 0.3) is 0 Å². The molecule has 4 aromatic rings. The molecule has 0 amide bonds. The van der Waals surface area contributed by atoms with E-state index in [0.29, 0.717) is 64.1 Å². The highest BCUT2D eigenvalue weighted by Crippen LogP contribution is 2.56. The van der Waals surface area contributed by atoms with Crippen LogP contribution >= 0.6 is 14.3 Å². The van der Waals surface area contributed by atoms with Crippen molar-refractivity contribution in [2.75, 3.05) is 32.1 Å². The second-order valence-electron chi connectivity index (χ2n) is 25.1. The van der Waals surface area contributed by atoms with E-state index in [4.69, 9.17) is 18.9 Å². The van der Waals surface area contributed by atoms with Gasteiger partial charge in [-0.15, -0.1) is 0 Å². The van der Waals surface area contributed by atoms with Crippen LogP contribution in [0.25, 0.3) is 0 Å². The maximum Gasteiger partial charge on any atom is 0.306 e. The molecule has 12 nitrogen and oxygen atoms in total. The quantitative estimate of drug-likeness (QED) is 0.0265. The van der Waals surface area contributed by atoms with Gasteiger partial charge in [0.2, 0.25) is 36.4 Å². The number of rotatable bonds is 31. The summed E-state index contributed by atoms with van der Waals surface area (Å²) in [7, 11) is -8.69. The zero-order chi connectivity index (χ0) is 61.2. The maximum atomic E-state index is 15.0. The van der Waals surface area contributed by atoms with E-state index in [1.54, 1.807) is 69.2 Å². The van der Waals surface area contributed by atoms with E-state index in [1.807, 2.05) is 111 Å². The summed E-state index contributed by atoms with van der Waals surface area (Å²) >= 11 is 0. The molecule has 0 aromatic heterocycles. The lowest BCUT2D eigenvalue weighted by atomic mass is 9.96. The molecule has 0 fully saturated rings. The predicted molar refractivity (Wildman–Crippen MR) is 327 cm³/mol. The van der Waals surface area contributed by atoms with Gasteiger partial charge in [-0.05, 0) is 182 Å². The zero-order valence-electron chi connectivity index (χ0n) is 52.4. The molecule has 0 aliphatic carbocycles. The molecule has 4 aromatic carbocycles. The highest BCUT2D eigenvalue weighted by molar-refractivity contribution is 7.95. The van der Waals surface area contributed by atoms with Crippen LogP contribution in [-0.2, 0) is 37.7 Å². The first-order chi connectivity index (χ1) is 37.4. The standard InChI is InChI=1S/C67H94O12P2/c1-42-32-47(6)57(48(7)33-42)61(70)80(74,62(71)58-49(8)34-43(2)35-50(58)9)30-24-55(68)76-40-46(5)41-78-66(16,17)27-23-21-20-22-26-65(14,15)77-29-28-67(18,19)79-56(69)25-31-81(75,63(72)59-51(10)36-44(3)37-52(59)11)64(73)60-53(12)38-45(4)39-54(60)13/h32-39,46H,20-31,40-41H2,1-19H3. The minimum absolute atomic E-state index is 0.0638. The summed E-state index contributed by atoms with van der Waals surface area (Å²) in [5.41, 5.74) is 5.15. The molecular formula is C67H94O12P2. The molecule has 1 unspecified atom stereocenters. The van der Waals surface area contributed by atoms with Gasteiger partial charge in [-0.2, -0.15) is 0 Å². The summed E-state index contributed by atoms with van der Waals surface area (Å²) in [6.45, 7) is 36.3. The van der Waals surface area contributed by atoms with Crippen LogP contribution < -0.4 is 0 Å². The third-order valence-electron chi connectivity index (χ3n) is 15.3. The summed E-state index contributed by atoms with van der Waals surface area (Å²) < 4.78 is 54.1. The Morgan fingerprint density at radius 1 is 0.407 bits per heavy atom. The second kappa shape index (κ2) is 28.4. The van der Waals surface area contributed by atoms with E-state index in [2.05, 4.69) is 0 Å². The lowest BCUT2D eigenvalue weighted by Gasteiger charge is -2.30. The third kappa shape index (κ3) is 18.7. The van der Waals surface area contributed by atoms with E-state index >= 15 is 4.57 Å². The van der Waals surface area contributed by atoms with Crippen LogP contribution in [0.3, 0.4) is 0 Å². The van der Waals surface area contributed by atoms with Crippen molar-refractivity contribution in [1.82, 2.24) is 0 Å². The number of hydrogen-bond acceptors (Lipinski definition) is 12. The number of esters is 2. The highest BCUT2D eigenvalue weighted by atomic mass is 31.2. The fraction of sp³-hybridized carbons (Fsp3) is 0.552. The van der Waals surface area contributed by atoms with Crippen LogP contribution in [0.1, 0.15) is 214 Å². The van der Waals surface area contributed by atoms with Crippen LogP contribution in [0.15, 0.2) is 48.5 Å². The largest absolute Gasteiger partial charge is 0.465 e. The lowest BCUT2D eigenvalue weighted by Crippen LogP contribution is -2.33. The van der Waals surface area contributed by atoms with E-state index in [1.165, 1.54) is 0 Å². The number of unbranched alkanes of at least 4 members (excludes halogenated alkanes) is 3. The molecule has 1 atom stereocenters. The van der Waals surface area contributed by atoms with E-state index in [0.717, 1.165) is 60.8 Å². The predicted octanol–water partition coefficient (Wildman–Crippen LogP) is 16.4. The number of benzene rings is 4. The molecule has 0 aliphatic heterocycles. The Hall–Kier alpha value is -5.12. The van der Waals surface area contributed by atoms with E-state index in [9.17, 15) is 33.3 Å². The number of aryl methyl sites for hydroxylation is 12.